The Morgan fingerprint density at radius 2 is 1.94 bits per heavy atom. The first kappa shape index (κ1) is 25.5. The van der Waals surface area contributed by atoms with Gasteiger partial charge in [0.2, 0.25) is 0 Å². The van der Waals surface area contributed by atoms with Crippen LogP contribution in [0.4, 0.5) is 0 Å². The largest absolute Gasteiger partial charge is 0.493 e. The molecule has 1 aliphatic carbocycles. The number of aryl methyl sites for hydroxylation is 1. The van der Waals surface area contributed by atoms with Crippen LogP contribution in [0, 0.1) is 6.92 Å². The van der Waals surface area contributed by atoms with E-state index < -0.39 is 0 Å². The Morgan fingerprint density at radius 3 is 2.68 bits per heavy atom. The maximum absolute atomic E-state index is 5.97. The van der Waals surface area contributed by atoms with Gasteiger partial charge in [0, 0.05) is 45.5 Å². The predicted molar refractivity (Wildman–Crippen MR) is 135 cm³/mol. The second kappa shape index (κ2) is 13.6. The molecule has 2 aromatic rings. The Balaban J connectivity index is 0.00000341. The van der Waals surface area contributed by atoms with Crippen molar-refractivity contribution < 1.29 is 9.47 Å². The number of hydrogen-bond acceptors (Lipinski definition) is 4. The minimum Gasteiger partial charge on any atom is -0.493 e. The van der Waals surface area contributed by atoms with E-state index in [0.717, 1.165) is 29.4 Å². The van der Waals surface area contributed by atoms with Crippen LogP contribution in [0.1, 0.15) is 55.0 Å². The zero-order valence-electron chi connectivity index (χ0n) is 18.9. The van der Waals surface area contributed by atoms with Crippen LogP contribution in [0.3, 0.4) is 0 Å². The zero-order valence-corrected chi connectivity index (χ0v) is 21.2. The first-order chi connectivity index (χ1) is 14.7. The van der Waals surface area contributed by atoms with Gasteiger partial charge < -0.3 is 20.1 Å². The number of nitrogens with zero attached hydrogens (tertiary/aromatic N) is 3. The van der Waals surface area contributed by atoms with Crippen molar-refractivity contribution in [1.82, 2.24) is 20.4 Å². The summed E-state index contributed by atoms with van der Waals surface area (Å²) in [6.45, 7) is 4.70. The molecule has 1 aromatic heterocycles. The van der Waals surface area contributed by atoms with Crippen molar-refractivity contribution >= 4 is 29.9 Å². The van der Waals surface area contributed by atoms with E-state index in [1.54, 1.807) is 14.2 Å². The average molecular weight is 541 g/mol. The first-order valence-corrected chi connectivity index (χ1v) is 10.9. The molecule has 2 N–H and O–H groups in total. The lowest BCUT2D eigenvalue weighted by atomic mass is 10.1. The summed E-state index contributed by atoms with van der Waals surface area (Å²) in [5, 5.41) is 11.5. The molecule has 0 saturated heterocycles. The minimum absolute atomic E-state index is 0. The van der Waals surface area contributed by atoms with Crippen molar-refractivity contribution in [2.75, 3.05) is 27.4 Å². The van der Waals surface area contributed by atoms with Gasteiger partial charge in [-0.25, -0.2) is 0 Å². The lowest BCUT2D eigenvalue weighted by Crippen LogP contribution is -2.36. The lowest BCUT2D eigenvalue weighted by molar-refractivity contribution is 0.171. The molecule has 3 rings (SSSR count). The van der Waals surface area contributed by atoms with Crippen molar-refractivity contribution in [2.24, 2.45) is 4.99 Å². The molecule has 8 heteroatoms. The van der Waals surface area contributed by atoms with E-state index >= 15 is 0 Å². The maximum Gasteiger partial charge on any atom is 0.191 e. The third-order valence-corrected chi connectivity index (χ3v) is 5.44. The average Bonchev–Trinajstić information content (AvgIpc) is 3.44. The number of guanidine groups is 1. The topological polar surface area (TPSA) is 72.7 Å². The van der Waals surface area contributed by atoms with Gasteiger partial charge in [0.25, 0.3) is 0 Å². The molecule has 0 bridgehead atoms. The minimum atomic E-state index is 0. The fourth-order valence-corrected chi connectivity index (χ4v) is 3.75. The second-order valence-electron chi connectivity index (χ2n) is 7.81. The van der Waals surface area contributed by atoms with Crippen LogP contribution in [0.25, 0.3) is 0 Å². The molecule has 1 aliphatic rings. The van der Waals surface area contributed by atoms with Crippen molar-refractivity contribution in [2.45, 2.75) is 58.2 Å². The van der Waals surface area contributed by atoms with Gasteiger partial charge in [-0.15, -0.1) is 24.0 Å². The zero-order chi connectivity index (χ0) is 21.2. The number of nitrogens with one attached hydrogen (secondary N) is 2. The molecule has 0 aliphatic heterocycles. The highest BCUT2D eigenvalue weighted by atomic mass is 127. The van der Waals surface area contributed by atoms with E-state index in [9.17, 15) is 0 Å². The first-order valence-electron chi connectivity index (χ1n) is 10.9. The molecular formula is C23H36IN5O2. The number of benzene rings is 1. The molecule has 1 saturated carbocycles. The smallest absolute Gasteiger partial charge is 0.191 e. The van der Waals surface area contributed by atoms with E-state index in [1.165, 1.54) is 31.2 Å². The molecule has 31 heavy (non-hydrogen) atoms. The second-order valence-corrected chi connectivity index (χ2v) is 7.81. The number of rotatable bonds is 10. The van der Waals surface area contributed by atoms with E-state index in [1.807, 2.05) is 0 Å². The van der Waals surface area contributed by atoms with Gasteiger partial charge in [0.15, 0.2) is 5.96 Å². The van der Waals surface area contributed by atoms with Crippen molar-refractivity contribution in [3.05, 3.63) is 47.3 Å². The lowest BCUT2D eigenvalue weighted by Gasteiger charge is -2.15. The van der Waals surface area contributed by atoms with E-state index in [4.69, 9.17) is 14.6 Å². The fourth-order valence-electron chi connectivity index (χ4n) is 3.75. The summed E-state index contributed by atoms with van der Waals surface area (Å²) in [6.07, 6.45) is 8.07. The van der Waals surface area contributed by atoms with Crippen LogP contribution < -0.4 is 15.4 Å². The number of methoxy groups -OCH3 is 1. The number of aromatic nitrogens is 2. The van der Waals surface area contributed by atoms with E-state index in [0.29, 0.717) is 32.3 Å². The van der Waals surface area contributed by atoms with Gasteiger partial charge in [-0.05, 0) is 37.5 Å². The summed E-state index contributed by atoms with van der Waals surface area (Å²) in [5.74, 6) is 1.65. The van der Waals surface area contributed by atoms with Crippen molar-refractivity contribution in [1.29, 1.82) is 0 Å². The van der Waals surface area contributed by atoms with Gasteiger partial charge in [0.1, 0.15) is 5.75 Å². The molecule has 7 nitrogen and oxygen atoms in total. The maximum atomic E-state index is 5.97. The summed E-state index contributed by atoms with van der Waals surface area (Å²) in [7, 11) is 3.49. The Hall–Kier alpha value is -1.81. The molecule has 0 spiro atoms. The van der Waals surface area contributed by atoms with Crippen LogP contribution in [0.2, 0.25) is 0 Å². The summed E-state index contributed by atoms with van der Waals surface area (Å²) in [6, 6.07) is 8.94. The molecule has 1 aromatic carbocycles. The van der Waals surface area contributed by atoms with Crippen LogP contribution in [0.15, 0.2) is 35.5 Å². The highest BCUT2D eigenvalue weighted by molar-refractivity contribution is 14.0. The highest BCUT2D eigenvalue weighted by Gasteiger charge is 2.17. The Labute approximate surface area is 203 Å². The summed E-state index contributed by atoms with van der Waals surface area (Å²) in [5.41, 5.74) is 3.31. The van der Waals surface area contributed by atoms with Crippen LogP contribution in [0.5, 0.6) is 5.75 Å². The van der Waals surface area contributed by atoms with Crippen molar-refractivity contribution in [3.63, 3.8) is 0 Å². The molecule has 0 radical (unpaired) electrons. The standard InChI is InChI=1S/C23H35N5O2.HI/c1-18-9-10-19(22(15-18)30-14-6-13-29-3)16-25-23(24-2)26-17-20-11-12-28(27-20)21-7-4-5-8-21;/h9-12,15,21H,4-8,13-14,16-17H2,1-3H3,(H2,24,25,26);1H. The van der Waals surface area contributed by atoms with Crippen LogP contribution in [-0.4, -0.2) is 43.1 Å². The number of hydrogen-bond donors (Lipinski definition) is 2. The normalized spacial score (nSPS) is 14.4. The van der Waals surface area contributed by atoms with Gasteiger partial charge in [-0.3, -0.25) is 9.67 Å². The molecule has 0 amide bonds. The molecule has 172 valence electrons. The molecule has 0 atom stereocenters. The number of halogens is 1. The number of ether oxygens (including phenoxy) is 2. The van der Waals surface area contributed by atoms with Crippen LogP contribution in [-0.2, 0) is 17.8 Å². The Kier molecular flexibility index (Phi) is 11.1. The molecule has 1 heterocycles. The van der Waals surface area contributed by atoms with Crippen molar-refractivity contribution in [3.8, 4) is 5.75 Å². The molecule has 1 fully saturated rings. The quantitative estimate of drug-likeness (QED) is 0.204. The SMILES string of the molecule is CN=C(NCc1ccn(C2CCCC2)n1)NCc1ccc(C)cc1OCCCOC.I. The fraction of sp³-hybridized carbons (Fsp3) is 0.565. The highest BCUT2D eigenvalue weighted by Crippen LogP contribution is 2.28. The van der Waals surface area contributed by atoms with Gasteiger partial charge in [-0.1, -0.05) is 25.0 Å². The third-order valence-electron chi connectivity index (χ3n) is 5.44. The van der Waals surface area contributed by atoms with Gasteiger partial charge in [-0.2, -0.15) is 5.10 Å². The van der Waals surface area contributed by atoms with E-state index in [2.05, 4.69) is 57.7 Å². The summed E-state index contributed by atoms with van der Waals surface area (Å²) in [4.78, 5) is 4.34. The summed E-state index contributed by atoms with van der Waals surface area (Å²) >= 11 is 0. The summed E-state index contributed by atoms with van der Waals surface area (Å²) < 4.78 is 13.2. The van der Waals surface area contributed by atoms with Gasteiger partial charge >= 0.3 is 0 Å². The number of aliphatic imine (C=N–C) groups is 1. The molecular weight excluding hydrogens is 505 g/mol. The predicted octanol–water partition coefficient (Wildman–Crippen LogP) is 4.21. The Morgan fingerprint density at radius 1 is 1.16 bits per heavy atom. The van der Waals surface area contributed by atoms with E-state index in [-0.39, 0.29) is 24.0 Å². The molecule has 0 unspecified atom stereocenters. The monoisotopic (exact) mass is 541 g/mol. The Bertz CT molecular complexity index is 818. The third kappa shape index (κ3) is 7.99. The van der Waals surface area contributed by atoms with Gasteiger partial charge in [0.05, 0.1) is 24.9 Å². The van der Waals surface area contributed by atoms with Crippen LogP contribution >= 0.6 is 24.0 Å².